The molecule has 0 aliphatic heterocycles. The van der Waals surface area contributed by atoms with Crippen molar-refractivity contribution in [2.24, 2.45) is 22.8 Å². The summed E-state index contributed by atoms with van der Waals surface area (Å²) in [5.74, 6) is -3.82. The molecule has 2 atom stereocenters. The van der Waals surface area contributed by atoms with Gasteiger partial charge in [0.15, 0.2) is 0 Å². The molecule has 33 heavy (non-hydrogen) atoms. The summed E-state index contributed by atoms with van der Waals surface area (Å²) in [5.41, 5.74) is 11.5. The molecule has 184 valence electrons. The Balaban J connectivity index is 1.72. The predicted octanol–water partition coefficient (Wildman–Crippen LogP) is 3.77. The molecule has 8 nitrogen and oxygen atoms in total. The molecule has 1 heterocycles. The number of anilines is 2. The zero-order valence-electron chi connectivity index (χ0n) is 17.8. The SMILES string of the molecule is CC(N)C(CNc1cc(F)c(S(=O)(=O)Nc2ncns2)cc1Br)CC1(CCN)CC(F)(F)C1. The molecule has 1 saturated carbocycles. The molecule has 1 aromatic carbocycles. The lowest BCUT2D eigenvalue weighted by atomic mass is 9.59. The van der Waals surface area contributed by atoms with Gasteiger partial charge in [-0.2, -0.15) is 4.37 Å². The van der Waals surface area contributed by atoms with Gasteiger partial charge in [0.1, 0.15) is 17.0 Å². The fourth-order valence-electron chi connectivity index (χ4n) is 4.27. The van der Waals surface area contributed by atoms with Crippen LogP contribution in [0.5, 0.6) is 0 Å². The summed E-state index contributed by atoms with van der Waals surface area (Å²) in [5, 5.41) is 3.09. The largest absolute Gasteiger partial charge is 0.384 e. The van der Waals surface area contributed by atoms with Crippen LogP contribution in [-0.2, 0) is 10.0 Å². The van der Waals surface area contributed by atoms with Crippen molar-refractivity contribution in [1.82, 2.24) is 9.36 Å². The standard InChI is InChI=1S/C19H26BrF3N6O2S2/c1-11(25)12(6-18(2-3-24)8-19(22,23)9-18)7-26-15-5-14(21)16(4-13(15)20)33(30,31)29-17-27-10-28-32-17/h4-5,10-12,26H,2-3,6-9,24-25H2,1H3,(H,27,28,29). The Labute approximate surface area is 203 Å². The maximum absolute atomic E-state index is 14.7. The van der Waals surface area contributed by atoms with E-state index in [-0.39, 0.29) is 29.9 Å². The van der Waals surface area contributed by atoms with E-state index in [4.69, 9.17) is 11.5 Å². The minimum Gasteiger partial charge on any atom is -0.384 e. The highest BCUT2D eigenvalue weighted by molar-refractivity contribution is 9.10. The third-order valence-electron chi connectivity index (χ3n) is 5.83. The minimum atomic E-state index is -4.21. The number of rotatable bonds is 11. The maximum Gasteiger partial charge on any atom is 0.266 e. The molecule has 1 aromatic heterocycles. The number of aromatic nitrogens is 2. The average molecular weight is 571 g/mol. The summed E-state index contributed by atoms with van der Waals surface area (Å²) in [6.07, 6.45) is 1.69. The van der Waals surface area contributed by atoms with E-state index in [1.807, 2.05) is 0 Å². The molecule has 1 fully saturated rings. The Kier molecular flexibility index (Phi) is 7.93. The third-order valence-corrected chi connectivity index (χ3v) is 8.55. The normalized spacial score (nSPS) is 18.9. The van der Waals surface area contributed by atoms with Gasteiger partial charge < -0.3 is 16.8 Å². The van der Waals surface area contributed by atoms with Gasteiger partial charge in [0.25, 0.3) is 10.0 Å². The van der Waals surface area contributed by atoms with Crippen LogP contribution in [0.3, 0.4) is 0 Å². The minimum absolute atomic E-state index is 0.0143. The van der Waals surface area contributed by atoms with E-state index in [1.54, 1.807) is 6.92 Å². The number of hydrogen-bond acceptors (Lipinski definition) is 8. The van der Waals surface area contributed by atoms with Crippen molar-refractivity contribution in [3.63, 3.8) is 0 Å². The predicted molar refractivity (Wildman–Crippen MR) is 125 cm³/mol. The molecule has 0 saturated heterocycles. The molecule has 3 rings (SSSR count). The van der Waals surface area contributed by atoms with Crippen molar-refractivity contribution in [1.29, 1.82) is 0 Å². The van der Waals surface area contributed by atoms with Gasteiger partial charge in [-0.25, -0.2) is 26.6 Å². The zero-order valence-corrected chi connectivity index (χ0v) is 21.0. The molecule has 0 spiro atoms. The number of halogens is 4. The molecule has 1 aliphatic carbocycles. The number of sulfonamides is 1. The van der Waals surface area contributed by atoms with Crippen LogP contribution in [0, 0.1) is 17.2 Å². The quantitative estimate of drug-likeness (QED) is 0.323. The van der Waals surface area contributed by atoms with Crippen molar-refractivity contribution in [2.75, 3.05) is 23.1 Å². The van der Waals surface area contributed by atoms with Crippen LogP contribution in [0.15, 0.2) is 27.8 Å². The molecule has 14 heteroatoms. The third kappa shape index (κ3) is 6.35. The highest BCUT2D eigenvalue weighted by atomic mass is 79.9. The van der Waals surface area contributed by atoms with E-state index < -0.39 is 32.1 Å². The van der Waals surface area contributed by atoms with Gasteiger partial charge in [-0.05, 0) is 65.7 Å². The van der Waals surface area contributed by atoms with Crippen LogP contribution in [-0.4, -0.2) is 42.8 Å². The van der Waals surface area contributed by atoms with Crippen molar-refractivity contribution < 1.29 is 21.6 Å². The van der Waals surface area contributed by atoms with E-state index in [0.717, 1.165) is 23.7 Å². The zero-order chi connectivity index (χ0) is 24.4. The van der Waals surface area contributed by atoms with Crippen LogP contribution >= 0.6 is 27.5 Å². The van der Waals surface area contributed by atoms with Gasteiger partial charge in [0.05, 0.1) is 5.69 Å². The van der Waals surface area contributed by atoms with Crippen molar-refractivity contribution >= 4 is 48.3 Å². The smallest absolute Gasteiger partial charge is 0.266 e. The Bertz CT molecular complexity index is 1060. The van der Waals surface area contributed by atoms with Gasteiger partial charge in [0.2, 0.25) is 11.1 Å². The molecule has 0 amide bonds. The fraction of sp³-hybridized carbons (Fsp3) is 0.579. The number of benzene rings is 1. The lowest BCUT2D eigenvalue weighted by Gasteiger charge is -2.49. The van der Waals surface area contributed by atoms with Crippen molar-refractivity contribution in [3.8, 4) is 0 Å². The lowest BCUT2D eigenvalue weighted by Crippen LogP contribution is -2.50. The van der Waals surface area contributed by atoms with Gasteiger partial charge in [-0.15, -0.1) is 0 Å². The molecular weight excluding hydrogens is 545 g/mol. The molecule has 6 N–H and O–H groups in total. The van der Waals surface area contributed by atoms with Crippen LogP contribution in [0.1, 0.15) is 32.6 Å². The summed E-state index contributed by atoms with van der Waals surface area (Å²) in [4.78, 5) is 3.17. The second-order valence-corrected chi connectivity index (χ2v) is 11.9. The Morgan fingerprint density at radius 2 is 2.03 bits per heavy atom. The number of nitrogens with two attached hydrogens (primary N) is 2. The first kappa shape index (κ1) is 26.1. The van der Waals surface area contributed by atoms with E-state index in [9.17, 15) is 21.6 Å². The van der Waals surface area contributed by atoms with Crippen LogP contribution in [0.25, 0.3) is 0 Å². The monoisotopic (exact) mass is 570 g/mol. The number of hydrogen-bond donors (Lipinski definition) is 4. The first-order valence-electron chi connectivity index (χ1n) is 10.2. The second-order valence-electron chi connectivity index (χ2n) is 8.57. The van der Waals surface area contributed by atoms with E-state index in [2.05, 4.69) is 35.3 Å². The average Bonchev–Trinajstić information content (AvgIpc) is 3.17. The lowest BCUT2D eigenvalue weighted by molar-refractivity contribution is -0.170. The van der Waals surface area contributed by atoms with Crippen LogP contribution in [0.2, 0.25) is 0 Å². The Hall–Kier alpha value is -1.48. The highest BCUT2D eigenvalue weighted by Gasteiger charge is 2.56. The van der Waals surface area contributed by atoms with Crippen LogP contribution in [0.4, 0.5) is 24.0 Å². The van der Waals surface area contributed by atoms with Gasteiger partial charge in [-0.3, -0.25) is 4.72 Å². The summed E-state index contributed by atoms with van der Waals surface area (Å²) in [6.45, 7) is 2.40. The highest BCUT2D eigenvalue weighted by Crippen LogP contribution is 2.57. The van der Waals surface area contributed by atoms with Gasteiger partial charge >= 0.3 is 0 Å². The fourth-order valence-corrected chi connectivity index (χ4v) is 6.66. The maximum atomic E-state index is 14.7. The number of nitrogens with zero attached hydrogens (tertiary/aromatic N) is 2. The van der Waals surface area contributed by atoms with Crippen molar-refractivity contribution in [3.05, 3.63) is 28.7 Å². The van der Waals surface area contributed by atoms with E-state index in [1.165, 1.54) is 6.33 Å². The summed E-state index contributed by atoms with van der Waals surface area (Å²) in [7, 11) is -4.21. The molecule has 0 bridgehead atoms. The van der Waals surface area contributed by atoms with E-state index in [0.29, 0.717) is 36.1 Å². The topological polar surface area (TPSA) is 136 Å². The summed E-state index contributed by atoms with van der Waals surface area (Å²) in [6, 6.07) is 1.90. The van der Waals surface area contributed by atoms with Crippen molar-refractivity contribution in [2.45, 2.75) is 49.5 Å². The number of nitrogens with one attached hydrogen (secondary N) is 2. The Morgan fingerprint density at radius 3 is 2.58 bits per heavy atom. The molecule has 1 aliphatic rings. The first-order valence-corrected chi connectivity index (χ1v) is 13.3. The molecule has 2 unspecified atom stereocenters. The second kappa shape index (κ2) is 10.0. The number of alkyl halides is 2. The molecule has 2 aromatic rings. The Morgan fingerprint density at radius 1 is 1.33 bits per heavy atom. The van der Waals surface area contributed by atoms with Crippen LogP contribution < -0.4 is 21.5 Å². The van der Waals surface area contributed by atoms with Gasteiger partial charge in [-0.1, -0.05) is 0 Å². The molecule has 0 radical (unpaired) electrons. The summed E-state index contributed by atoms with van der Waals surface area (Å²) < 4.78 is 73.2. The first-order chi connectivity index (χ1) is 15.4. The van der Waals surface area contributed by atoms with E-state index >= 15 is 0 Å². The summed E-state index contributed by atoms with van der Waals surface area (Å²) >= 11 is 4.09. The molecular formula is C19H26BrF3N6O2S2. The van der Waals surface area contributed by atoms with Gasteiger partial charge in [0, 0.05) is 41.4 Å².